The van der Waals surface area contributed by atoms with Crippen molar-refractivity contribution in [1.82, 2.24) is 0 Å². The standard InChI is InChI=1S/C15H24O.C11H16O/c1-10-8-11(14(2,3)4)13(16)12(9-10)15(5,6)7;1-3-4-7-10-9(2)6-5-8-11(10)12/h8-9,16H,1-7H3;5-6,8,12H,3-4,7H2,1-2H3. The number of phenolic OH excluding ortho intramolecular Hbond substituents is 2. The number of rotatable bonds is 3. The summed E-state index contributed by atoms with van der Waals surface area (Å²) >= 11 is 0. The van der Waals surface area contributed by atoms with Gasteiger partial charge in [0, 0.05) is 0 Å². The second kappa shape index (κ2) is 9.49. The van der Waals surface area contributed by atoms with Gasteiger partial charge in [-0.05, 0) is 65.8 Å². The summed E-state index contributed by atoms with van der Waals surface area (Å²) in [5.41, 5.74) is 5.57. The average molecular weight is 385 g/mol. The lowest BCUT2D eigenvalue weighted by molar-refractivity contribution is 0.423. The van der Waals surface area contributed by atoms with Crippen molar-refractivity contribution in [1.29, 1.82) is 0 Å². The average Bonchev–Trinajstić information content (AvgIpc) is 2.55. The Morgan fingerprint density at radius 2 is 1.32 bits per heavy atom. The molecule has 0 fully saturated rings. The molecule has 2 rings (SSSR count). The molecule has 0 aliphatic heterocycles. The van der Waals surface area contributed by atoms with E-state index in [0.29, 0.717) is 11.5 Å². The Morgan fingerprint density at radius 3 is 1.71 bits per heavy atom. The monoisotopic (exact) mass is 384 g/mol. The van der Waals surface area contributed by atoms with E-state index in [-0.39, 0.29) is 10.8 Å². The minimum atomic E-state index is -0.0178. The van der Waals surface area contributed by atoms with Gasteiger partial charge in [0.25, 0.3) is 0 Å². The fraction of sp³-hybridized carbons (Fsp3) is 0.538. The molecule has 2 aromatic carbocycles. The first-order chi connectivity index (χ1) is 12.8. The van der Waals surface area contributed by atoms with Crippen LogP contribution in [0, 0.1) is 13.8 Å². The van der Waals surface area contributed by atoms with E-state index in [1.54, 1.807) is 6.07 Å². The second-order valence-electron chi connectivity index (χ2n) is 9.88. The molecule has 0 aromatic heterocycles. The van der Waals surface area contributed by atoms with Crippen LogP contribution in [0.15, 0.2) is 30.3 Å². The first kappa shape index (κ1) is 24.1. The molecular formula is C26H40O2. The molecule has 28 heavy (non-hydrogen) atoms. The molecule has 0 unspecified atom stereocenters. The molecule has 0 aliphatic carbocycles. The Hall–Kier alpha value is -1.96. The molecule has 156 valence electrons. The third kappa shape index (κ3) is 6.58. The first-order valence-corrected chi connectivity index (χ1v) is 10.4. The molecule has 0 heterocycles. The molecule has 0 amide bonds. The first-order valence-electron chi connectivity index (χ1n) is 10.4. The summed E-state index contributed by atoms with van der Waals surface area (Å²) in [6, 6.07) is 9.87. The molecule has 0 saturated heterocycles. The lowest BCUT2D eigenvalue weighted by Gasteiger charge is -2.27. The van der Waals surface area contributed by atoms with Crippen LogP contribution in [0.1, 0.15) is 89.1 Å². The van der Waals surface area contributed by atoms with Crippen molar-refractivity contribution in [2.24, 2.45) is 0 Å². The highest BCUT2D eigenvalue weighted by atomic mass is 16.3. The van der Waals surface area contributed by atoms with Crippen molar-refractivity contribution in [3.05, 3.63) is 58.1 Å². The number of aryl methyl sites for hydroxylation is 2. The topological polar surface area (TPSA) is 40.5 Å². The third-order valence-corrected chi connectivity index (χ3v) is 5.04. The van der Waals surface area contributed by atoms with E-state index in [4.69, 9.17) is 0 Å². The van der Waals surface area contributed by atoms with Crippen molar-refractivity contribution in [2.75, 3.05) is 0 Å². The SMILES string of the molecule is CCCCc1c(C)cccc1O.Cc1cc(C(C)(C)C)c(O)c(C(C)(C)C)c1. The maximum atomic E-state index is 10.4. The normalized spacial score (nSPS) is 11.8. The van der Waals surface area contributed by atoms with E-state index in [0.717, 1.165) is 29.5 Å². The molecule has 2 aromatic rings. The smallest absolute Gasteiger partial charge is 0.123 e. The van der Waals surface area contributed by atoms with Gasteiger partial charge in [0.15, 0.2) is 0 Å². The van der Waals surface area contributed by atoms with Crippen LogP contribution in [0.2, 0.25) is 0 Å². The van der Waals surface area contributed by atoms with Gasteiger partial charge in [-0.3, -0.25) is 0 Å². The Kier molecular flexibility index (Phi) is 8.16. The van der Waals surface area contributed by atoms with E-state index >= 15 is 0 Å². The molecule has 2 nitrogen and oxygen atoms in total. The zero-order valence-electron chi connectivity index (χ0n) is 19.4. The molecule has 0 atom stereocenters. The zero-order valence-corrected chi connectivity index (χ0v) is 19.4. The molecular weight excluding hydrogens is 344 g/mol. The van der Waals surface area contributed by atoms with Crippen LogP contribution in [-0.4, -0.2) is 10.2 Å². The quantitative estimate of drug-likeness (QED) is 0.581. The maximum absolute atomic E-state index is 10.4. The van der Waals surface area contributed by atoms with Crippen LogP contribution < -0.4 is 0 Å². The number of unbranched alkanes of at least 4 members (excludes halogenated alkanes) is 1. The highest BCUT2D eigenvalue weighted by Crippen LogP contribution is 2.39. The van der Waals surface area contributed by atoms with E-state index in [1.165, 1.54) is 17.5 Å². The molecule has 2 heteroatoms. The lowest BCUT2D eigenvalue weighted by atomic mass is 9.78. The highest BCUT2D eigenvalue weighted by molar-refractivity contribution is 5.49. The van der Waals surface area contributed by atoms with Crippen LogP contribution in [0.4, 0.5) is 0 Å². The lowest BCUT2D eigenvalue weighted by Crippen LogP contribution is -2.17. The van der Waals surface area contributed by atoms with Gasteiger partial charge in [-0.25, -0.2) is 0 Å². The van der Waals surface area contributed by atoms with Crippen molar-refractivity contribution in [2.45, 2.75) is 92.4 Å². The van der Waals surface area contributed by atoms with Crippen molar-refractivity contribution < 1.29 is 10.2 Å². The van der Waals surface area contributed by atoms with Crippen molar-refractivity contribution in [3.8, 4) is 11.5 Å². The number of hydrogen-bond donors (Lipinski definition) is 2. The van der Waals surface area contributed by atoms with Gasteiger partial charge in [-0.1, -0.05) is 84.7 Å². The number of hydrogen-bond acceptors (Lipinski definition) is 2. The van der Waals surface area contributed by atoms with Gasteiger partial charge in [-0.15, -0.1) is 0 Å². The van der Waals surface area contributed by atoms with Crippen LogP contribution >= 0.6 is 0 Å². The summed E-state index contributed by atoms with van der Waals surface area (Å²) in [6.45, 7) is 19.1. The predicted molar refractivity (Wildman–Crippen MR) is 122 cm³/mol. The summed E-state index contributed by atoms with van der Waals surface area (Å²) in [4.78, 5) is 0. The van der Waals surface area contributed by atoms with Crippen molar-refractivity contribution >= 4 is 0 Å². The molecule has 0 radical (unpaired) electrons. The van der Waals surface area contributed by atoms with Crippen LogP contribution in [0.3, 0.4) is 0 Å². The fourth-order valence-electron chi connectivity index (χ4n) is 3.29. The zero-order chi connectivity index (χ0) is 21.7. The predicted octanol–water partition coefficient (Wildman–Crippen LogP) is 7.34. The number of aromatic hydroxyl groups is 2. The van der Waals surface area contributed by atoms with E-state index < -0.39 is 0 Å². The maximum Gasteiger partial charge on any atom is 0.123 e. The largest absolute Gasteiger partial charge is 0.508 e. The Bertz CT molecular complexity index is 719. The molecule has 2 N–H and O–H groups in total. The fourth-order valence-corrected chi connectivity index (χ4v) is 3.29. The summed E-state index contributed by atoms with van der Waals surface area (Å²) in [5, 5.41) is 19.9. The summed E-state index contributed by atoms with van der Waals surface area (Å²) in [5.74, 6) is 0.911. The van der Waals surface area contributed by atoms with Gasteiger partial charge in [0.2, 0.25) is 0 Å². The van der Waals surface area contributed by atoms with E-state index in [1.807, 2.05) is 19.1 Å². The summed E-state index contributed by atoms with van der Waals surface area (Å²) in [6.07, 6.45) is 3.32. The highest BCUT2D eigenvalue weighted by Gasteiger charge is 2.25. The van der Waals surface area contributed by atoms with Crippen molar-refractivity contribution in [3.63, 3.8) is 0 Å². The summed E-state index contributed by atoms with van der Waals surface area (Å²) in [7, 11) is 0. The second-order valence-corrected chi connectivity index (χ2v) is 9.88. The molecule has 0 bridgehead atoms. The van der Waals surface area contributed by atoms with Gasteiger partial charge < -0.3 is 10.2 Å². The van der Waals surface area contributed by atoms with Gasteiger partial charge in [0.05, 0.1) is 0 Å². The number of benzene rings is 2. The number of phenols is 2. The van der Waals surface area contributed by atoms with Gasteiger partial charge in [0.1, 0.15) is 11.5 Å². The third-order valence-electron chi connectivity index (χ3n) is 5.04. The minimum Gasteiger partial charge on any atom is -0.508 e. The molecule has 0 saturated carbocycles. The molecule has 0 aliphatic rings. The van der Waals surface area contributed by atoms with E-state index in [2.05, 4.69) is 67.5 Å². The van der Waals surface area contributed by atoms with Crippen LogP contribution in [0.25, 0.3) is 0 Å². The van der Waals surface area contributed by atoms with E-state index in [9.17, 15) is 10.2 Å². The van der Waals surface area contributed by atoms with Gasteiger partial charge in [-0.2, -0.15) is 0 Å². The van der Waals surface area contributed by atoms with Gasteiger partial charge >= 0.3 is 0 Å². The Balaban J connectivity index is 0.000000292. The Morgan fingerprint density at radius 1 is 0.821 bits per heavy atom. The summed E-state index contributed by atoms with van der Waals surface area (Å²) < 4.78 is 0. The minimum absolute atomic E-state index is 0.0178. The molecule has 0 spiro atoms. The van der Waals surface area contributed by atoms with Crippen LogP contribution in [0.5, 0.6) is 11.5 Å². The Labute approximate surface area is 172 Å². The van der Waals surface area contributed by atoms with Crippen LogP contribution in [-0.2, 0) is 17.3 Å².